The van der Waals surface area contributed by atoms with Gasteiger partial charge in [0.2, 0.25) is 0 Å². The van der Waals surface area contributed by atoms with Gasteiger partial charge in [0.25, 0.3) is 5.91 Å². The maximum absolute atomic E-state index is 12.4. The Morgan fingerprint density at radius 2 is 1.95 bits per heavy atom. The van der Waals surface area contributed by atoms with Crippen LogP contribution in [0.3, 0.4) is 0 Å². The Kier molecular flexibility index (Phi) is 4.09. The molecule has 1 fully saturated rings. The van der Waals surface area contributed by atoms with Gasteiger partial charge in [-0.3, -0.25) is 4.79 Å². The fourth-order valence-electron chi connectivity index (χ4n) is 2.60. The van der Waals surface area contributed by atoms with Gasteiger partial charge in [-0.2, -0.15) is 0 Å². The van der Waals surface area contributed by atoms with Crippen molar-refractivity contribution in [2.24, 2.45) is 5.92 Å². The highest BCUT2D eigenvalue weighted by molar-refractivity contribution is 5.92. The number of nitrogens with one attached hydrogen (secondary N) is 1. The molecule has 1 aliphatic carbocycles. The molecule has 4 nitrogen and oxygen atoms in total. The van der Waals surface area contributed by atoms with Crippen LogP contribution in [0.25, 0.3) is 0 Å². The Morgan fingerprint density at radius 1 is 1.23 bits per heavy atom. The normalized spacial score (nSPS) is 15.2. The van der Waals surface area contributed by atoms with Gasteiger partial charge in [0.05, 0.1) is 13.2 Å². The van der Waals surface area contributed by atoms with Crippen molar-refractivity contribution in [2.45, 2.75) is 25.8 Å². The molecule has 22 heavy (non-hydrogen) atoms. The molecule has 1 aromatic heterocycles. The van der Waals surface area contributed by atoms with Crippen molar-refractivity contribution >= 4 is 5.91 Å². The number of carbonyl (C=O) groups is 1. The van der Waals surface area contributed by atoms with Gasteiger partial charge in [-0.25, -0.2) is 4.98 Å². The fraction of sp³-hybridized carbons (Fsp3) is 0.333. The molecule has 0 bridgehead atoms. The number of pyridine rings is 1. The first-order valence-corrected chi connectivity index (χ1v) is 7.56. The van der Waals surface area contributed by atoms with Crippen molar-refractivity contribution in [1.82, 2.24) is 10.3 Å². The molecule has 1 amide bonds. The highest BCUT2D eigenvalue weighted by Gasteiger charge is 2.33. The Labute approximate surface area is 130 Å². The average molecular weight is 296 g/mol. The molecule has 0 aliphatic heterocycles. The lowest BCUT2D eigenvalue weighted by atomic mass is 10.0. The van der Waals surface area contributed by atoms with Gasteiger partial charge in [0.1, 0.15) is 11.4 Å². The van der Waals surface area contributed by atoms with Crippen LogP contribution in [0.4, 0.5) is 0 Å². The first-order valence-electron chi connectivity index (χ1n) is 7.56. The van der Waals surface area contributed by atoms with E-state index in [1.807, 2.05) is 43.3 Å². The zero-order valence-electron chi connectivity index (χ0n) is 12.9. The maximum atomic E-state index is 12.4. The first kappa shape index (κ1) is 14.6. The number of amides is 1. The number of rotatable bonds is 5. The molecular weight excluding hydrogens is 276 g/mol. The summed E-state index contributed by atoms with van der Waals surface area (Å²) in [4.78, 5) is 16.7. The van der Waals surface area contributed by atoms with Gasteiger partial charge in [0.15, 0.2) is 0 Å². The minimum atomic E-state index is -0.114. The molecule has 1 atom stereocenters. The van der Waals surface area contributed by atoms with Crippen LogP contribution in [-0.2, 0) is 0 Å². The quantitative estimate of drug-likeness (QED) is 0.921. The number of aromatic nitrogens is 1. The van der Waals surface area contributed by atoms with Crippen LogP contribution < -0.4 is 10.1 Å². The first-order chi connectivity index (χ1) is 10.7. The van der Waals surface area contributed by atoms with Gasteiger partial charge in [0, 0.05) is 5.69 Å². The van der Waals surface area contributed by atoms with Gasteiger partial charge < -0.3 is 10.1 Å². The third kappa shape index (κ3) is 3.27. The minimum Gasteiger partial charge on any atom is -0.497 e. The minimum absolute atomic E-state index is 0.0423. The summed E-state index contributed by atoms with van der Waals surface area (Å²) in [5, 5.41) is 3.13. The van der Waals surface area contributed by atoms with Crippen molar-refractivity contribution in [3.63, 3.8) is 0 Å². The van der Waals surface area contributed by atoms with Crippen LogP contribution in [0.5, 0.6) is 5.75 Å². The van der Waals surface area contributed by atoms with Gasteiger partial charge in [-0.05, 0) is 55.5 Å². The van der Waals surface area contributed by atoms with Crippen molar-refractivity contribution in [3.8, 4) is 5.75 Å². The molecular formula is C18H20N2O2. The van der Waals surface area contributed by atoms with E-state index in [2.05, 4.69) is 10.3 Å². The maximum Gasteiger partial charge on any atom is 0.270 e. The summed E-state index contributed by atoms with van der Waals surface area (Å²) < 4.78 is 5.19. The van der Waals surface area contributed by atoms with E-state index in [1.54, 1.807) is 13.2 Å². The topological polar surface area (TPSA) is 51.2 Å². The van der Waals surface area contributed by atoms with Gasteiger partial charge >= 0.3 is 0 Å². The number of hydrogen-bond acceptors (Lipinski definition) is 3. The molecule has 1 unspecified atom stereocenters. The van der Waals surface area contributed by atoms with E-state index in [1.165, 1.54) is 0 Å². The number of ether oxygens (including phenoxy) is 1. The molecule has 1 saturated carbocycles. The molecule has 1 aliphatic rings. The molecule has 2 aromatic rings. The highest BCUT2D eigenvalue weighted by atomic mass is 16.5. The lowest BCUT2D eigenvalue weighted by molar-refractivity contribution is 0.0926. The average Bonchev–Trinajstić information content (AvgIpc) is 3.37. The predicted molar refractivity (Wildman–Crippen MR) is 84.9 cm³/mol. The molecule has 1 N–H and O–H groups in total. The largest absolute Gasteiger partial charge is 0.497 e. The van der Waals surface area contributed by atoms with E-state index in [9.17, 15) is 4.79 Å². The van der Waals surface area contributed by atoms with Crippen molar-refractivity contribution in [3.05, 3.63) is 59.4 Å². The molecule has 0 spiro atoms. The number of methoxy groups -OCH3 is 1. The zero-order chi connectivity index (χ0) is 15.5. The van der Waals surface area contributed by atoms with E-state index in [0.29, 0.717) is 11.6 Å². The number of nitrogens with zero attached hydrogens (tertiary/aromatic N) is 1. The van der Waals surface area contributed by atoms with Crippen LogP contribution in [0.1, 0.15) is 40.6 Å². The summed E-state index contributed by atoms with van der Waals surface area (Å²) in [7, 11) is 1.65. The van der Waals surface area contributed by atoms with E-state index < -0.39 is 0 Å². The smallest absolute Gasteiger partial charge is 0.270 e. The summed E-state index contributed by atoms with van der Waals surface area (Å²) in [5.74, 6) is 1.23. The second-order valence-electron chi connectivity index (χ2n) is 5.73. The second-order valence-corrected chi connectivity index (χ2v) is 5.73. The molecule has 1 aromatic carbocycles. The number of carbonyl (C=O) groups excluding carboxylic acids is 1. The predicted octanol–water partition coefficient (Wildman–Crippen LogP) is 3.28. The van der Waals surface area contributed by atoms with Crippen molar-refractivity contribution < 1.29 is 9.53 Å². The summed E-state index contributed by atoms with van der Waals surface area (Å²) >= 11 is 0. The van der Waals surface area contributed by atoms with E-state index >= 15 is 0 Å². The summed E-state index contributed by atoms with van der Waals surface area (Å²) in [6.45, 7) is 1.89. The van der Waals surface area contributed by atoms with Crippen LogP contribution in [0, 0.1) is 12.8 Å². The Morgan fingerprint density at radius 3 is 2.55 bits per heavy atom. The zero-order valence-corrected chi connectivity index (χ0v) is 12.9. The second kappa shape index (κ2) is 6.18. The molecule has 3 rings (SSSR count). The molecule has 0 radical (unpaired) electrons. The van der Waals surface area contributed by atoms with Crippen LogP contribution >= 0.6 is 0 Å². The Balaban J connectivity index is 1.78. The molecule has 114 valence electrons. The number of aryl methyl sites for hydroxylation is 1. The van der Waals surface area contributed by atoms with Crippen LogP contribution in [-0.4, -0.2) is 18.0 Å². The van der Waals surface area contributed by atoms with Crippen LogP contribution in [0.2, 0.25) is 0 Å². The van der Waals surface area contributed by atoms with Gasteiger partial charge in [-0.1, -0.05) is 18.2 Å². The fourth-order valence-corrected chi connectivity index (χ4v) is 2.60. The number of benzene rings is 1. The number of hydrogen-bond donors (Lipinski definition) is 1. The molecule has 4 heteroatoms. The van der Waals surface area contributed by atoms with Crippen LogP contribution in [0.15, 0.2) is 42.5 Å². The Hall–Kier alpha value is -2.36. The highest BCUT2D eigenvalue weighted by Crippen LogP contribution is 2.41. The lowest BCUT2D eigenvalue weighted by Crippen LogP contribution is -2.30. The Bertz CT molecular complexity index is 663. The van der Waals surface area contributed by atoms with Gasteiger partial charge in [-0.15, -0.1) is 0 Å². The third-order valence-electron chi connectivity index (χ3n) is 3.98. The third-order valence-corrected chi connectivity index (χ3v) is 3.98. The summed E-state index contributed by atoms with van der Waals surface area (Å²) in [6.07, 6.45) is 2.30. The molecule has 1 heterocycles. The molecule has 0 saturated heterocycles. The summed E-state index contributed by atoms with van der Waals surface area (Å²) in [5.41, 5.74) is 2.43. The standard InChI is InChI=1S/C18H20N2O2/c1-12-4-3-5-16(19-12)18(21)20-17(13-6-7-13)14-8-10-15(22-2)11-9-14/h3-5,8-11,13,17H,6-7H2,1-2H3,(H,20,21). The summed E-state index contributed by atoms with van der Waals surface area (Å²) in [6, 6.07) is 13.4. The van der Waals surface area contributed by atoms with E-state index in [-0.39, 0.29) is 11.9 Å². The van der Waals surface area contributed by atoms with E-state index in [4.69, 9.17) is 4.74 Å². The van der Waals surface area contributed by atoms with Crippen molar-refractivity contribution in [2.75, 3.05) is 7.11 Å². The lowest BCUT2D eigenvalue weighted by Gasteiger charge is -2.19. The monoisotopic (exact) mass is 296 g/mol. The van der Waals surface area contributed by atoms with E-state index in [0.717, 1.165) is 29.8 Å². The van der Waals surface area contributed by atoms with Crippen molar-refractivity contribution in [1.29, 1.82) is 0 Å². The SMILES string of the molecule is COc1ccc(C(NC(=O)c2cccc(C)n2)C2CC2)cc1.